The molecule has 3 aromatic rings. The lowest BCUT2D eigenvalue weighted by molar-refractivity contribution is -0.137. The van der Waals surface area contributed by atoms with Crippen molar-refractivity contribution in [3.63, 3.8) is 0 Å². The van der Waals surface area contributed by atoms with Gasteiger partial charge in [-0.05, 0) is 44.2 Å². The van der Waals surface area contributed by atoms with E-state index in [9.17, 15) is 22.8 Å². The number of hydrogen-bond acceptors (Lipinski definition) is 7. The molecule has 0 unspecified atom stereocenters. The van der Waals surface area contributed by atoms with Crippen LogP contribution in [0.3, 0.4) is 0 Å². The van der Waals surface area contributed by atoms with E-state index < -0.39 is 23.1 Å². The van der Waals surface area contributed by atoms with Gasteiger partial charge in [-0.2, -0.15) is 13.2 Å². The monoisotopic (exact) mass is 436 g/mol. The number of halogens is 3. The van der Waals surface area contributed by atoms with Gasteiger partial charge in [-0.1, -0.05) is 11.8 Å². The van der Waals surface area contributed by atoms with Crippen molar-refractivity contribution in [3.8, 4) is 5.75 Å². The average molecular weight is 436 g/mol. The van der Waals surface area contributed by atoms with Crippen LogP contribution in [0.4, 0.5) is 13.2 Å². The maximum Gasteiger partial charge on any atom is 0.416 e. The molecule has 0 saturated heterocycles. The summed E-state index contributed by atoms with van der Waals surface area (Å²) in [5.74, 6) is -0.731. The Kier molecular flexibility index (Phi) is 6.25. The Bertz CT molecular complexity index is 1110. The largest absolute Gasteiger partial charge is 0.464 e. The fraction of sp³-hybridized carbons (Fsp3) is 0.200. The average Bonchev–Trinajstić information content (AvgIpc) is 2.67. The van der Waals surface area contributed by atoms with Gasteiger partial charge in [0.2, 0.25) is 11.2 Å². The van der Waals surface area contributed by atoms with Crippen molar-refractivity contribution in [1.82, 2.24) is 9.97 Å². The number of carbonyl (C=O) groups excluding carboxylic acids is 1. The molecule has 156 valence electrons. The zero-order valence-corrected chi connectivity index (χ0v) is 16.6. The summed E-state index contributed by atoms with van der Waals surface area (Å²) in [6.45, 7) is 3.69. The molecule has 10 heteroatoms. The number of carbonyl (C=O) groups is 1. The van der Waals surface area contributed by atoms with Gasteiger partial charge in [0.1, 0.15) is 12.0 Å². The van der Waals surface area contributed by atoms with Gasteiger partial charge in [0, 0.05) is 17.5 Å². The van der Waals surface area contributed by atoms with Gasteiger partial charge in [0.05, 0.1) is 16.9 Å². The molecule has 2 aromatic heterocycles. The first kappa shape index (κ1) is 21.6. The van der Waals surface area contributed by atoms with E-state index in [0.717, 1.165) is 41.9 Å². The molecule has 3 rings (SSSR count). The molecule has 0 N–H and O–H groups in total. The van der Waals surface area contributed by atoms with E-state index in [-0.39, 0.29) is 17.1 Å². The van der Waals surface area contributed by atoms with E-state index in [1.807, 2.05) is 19.9 Å². The first-order chi connectivity index (χ1) is 14.1. The van der Waals surface area contributed by atoms with Gasteiger partial charge in [-0.15, -0.1) is 0 Å². The highest BCUT2D eigenvalue weighted by Gasteiger charge is 2.30. The molecule has 0 aliphatic heterocycles. The van der Waals surface area contributed by atoms with Crippen LogP contribution in [-0.2, 0) is 11.9 Å². The van der Waals surface area contributed by atoms with Crippen LogP contribution < -0.4 is 10.2 Å². The summed E-state index contributed by atoms with van der Waals surface area (Å²) in [4.78, 5) is 32.8. The standard InChI is InChI=1S/C20H15F3N2O4S/c1-11-7-12(2)25-19(24-11)30-10-15-8-16(26)17(9-28-15)29-18(27)13-3-5-14(6-4-13)20(21,22)23/h3-9H,10H2,1-2H3. The minimum atomic E-state index is -4.51. The second-order valence-electron chi connectivity index (χ2n) is 6.26. The Labute approximate surface area is 173 Å². The van der Waals surface area contributed by atoms with E-state index in [4.69, 9.17) is 9.15 Å². The Morgan fingerprint density at radius 3 is 2.30 bits per heavy atom. The minimum Gasteiger partial charge on any atom is -0.464 e. The Balaban J connectivity index is 1.66. The molecule has 6 nitrogen and oxygen atoms in total. The molecule has 0 atom stereocenters. The van der Waals surface area contributed by atoms with E-state index >= 15 is 0 Å². The Hall–Kier alpha value is -3.14. The summed E-state index contributed by atoms with van der Waals surface area (Å²) >= 11 is 1.28. The van der Waals surface area contributed by atoms with Crippen LogP contribution >= 0.6 is 11.8 Å². The van der Waals surface area contributed by atoms with Crippen LogP contribution in [0.1, 0.15) is 33.1 Å². The third kappa shape index (κ3) is 5.47. The second kappa shape index (κ2) is 8.70. The van der Waals surface area contributed by atoms with E-state index in [2.05, 4.69) is 9.97 Å². The summed E-state index contributed by atoms with van der Waals surface area (Å²) in [5.41, 5.74) is 0.00890. The SMILES string of the molecule is Cc1cc(C)nc(SCc2cc(=O)c(OC(=O)c3ccc(C(F)(F)F)cc3)co2)n1. The first-order valence-corrected chi connectivity index (χ1v) is 9.56. The van der Waals surface area contributed by atoms with Crippen LogP contribution in [-0.4, -0.2) is 15.9 Å². The molecular formula is C20H15F3N2O4S. The zero-order valence-electron chi connectivity index (χ0n) is 15.8. The molecule has 0 fully saturated rings. The Morgan fingerprint density at radius 2 is 1.73 bits per heavy atom. The topological polar surface area (TPSA) is 82.3 Å². The van der Waals surface area contributed by atoms with Gasteiger partial charge in [0.15, 0.2) is 5.16 Å². The summed E-state index contributed by atoms with van der Waals surface area (Å²) in [6, 6.07) is 6.47. The number of aromatic nitrogens is 2. The van der Waals surface area contributed by atoms with Gasteiger partial charge >= 0.3 is 12.1 Å². The number of esters is 1. The van der Waals surface area contributed by atoms with Gasteiger partial charge in [-0.3, -0.25) is 4.79 Å². The van der Waals surface area contributed by atoms with Crippen LogP contribution in [0.25, 0.3) is 0 Å². The molecular weight excluding hydrogens is 421 g/mol. The zero-order chi connectivity index (χ0) is 21.9. The maximum atomic E-state index is 12.6. The summed E-state index contributed by atoms with van der Waals surface area (Å²) in [6.07, 6.45) is -3.53. The number of ether oxygens (including phenoxy) is 1. The highest BCUT2D eigenvalue weighted by Crippen LogP contribution is 2.29. The lowest BCUT2D eigenvalue weighted by atomic mass is 10.1. The molecule has 0 spiro atoms. The lowest BCUT2D eigenvalue weighted by Crippen LogP contribution is -2.15. The highest BCUT2D eigenvalue weighted by molar-refractivity contribution is 7.98. The highest BCUT2D eigenvalue weighted by atomic mass is 32.2. The van der Waals surface area contributed by atoms with Crippen molar-refractivity contribution in [3.05, 3.63) is 81.2 Å². The normalized spacial score (nSPS) is 11.4. The third-order valence-corrected chi connectivity index (χ3v) is 4.68. The lowest BCUT2D eigenvalue weighted by Gasteiger charge is -2.08. The quantitative estimate of drug-likeness (QED) is 0.329. The number of benzene rings is 1. The second-order valence-corrected chi connectivity index (χ2v) is 7.20. The summed E-state index contributed by atoms with van der Waals surface area (Å²) < 4.78 is 48.0. The molecule has 30 heavy (non-hydrogen) atoms. The fourth-order valence-electron chi connectivity index (χ4n) is 2.44. The number of hydrogen-bond donors (Lipinski definition) is 0. The van der Waals surface area contributed by atoms with Gasteiger partial charge in [-0.25, -0.2) is 14.8 Å². The minimum absolute atomic E-state index is 0.131. The fourth-order valence-corrected chi connectivity index (χ4v) is 3.28. The number of nitrogens with zero attached hydrogens (tertiary/aromatic N) is 2. The number of thioether (sulfide) groups is 1. The van der Waals surface area contributed by atoms with Crippen molar-refractivity contribution in [2.24, 2.45) is 0 Å². The van der Waals surface area contributed by atoms with Crippen molar-refractivity contribution in [2.45, 2.75) is 30.9 Å². The van der Waals surface area contributed by atoms with Crippen LogP contribution in [0, 0.1) is 13.8 Å². The van der Waals surface area contributed by atoms with Gasteiger partial charge < -0.3 is 9.15 Å². The first-order valence-electron chi connectivity index (χ1n) is 8.58. The molecule has 0 saturated carbocycles. The molecule has 2 heterocycles. The van der Waals surface area contributed by atoms with E-state index in [0.29, 0.717) is 10.9 Å². The van der Waals surface area contributed by atoms with Crippen LogP contribution in [0.5, 0.6) is 5.75 Å². The van der Waals surface area contributed by atoms with E-state index in [1.54, 1.807) is 0 Å². The Morgan fingerprint density at radius 1 is 1.10 bits per heavy atom. The number of alkyl halides is 3. The molecule has 0 aliphatic rings. The number of aryl methyl sites for hydroxylation is 2. The van der Waals surface area contributed by atoms with Crippen LogP contribution in [0.2, 0.25) is 0 Å². The number of rotatable bonds is 5. The van der Waals surface area contributed by atoms with E-state index in [1.165, 1.54) is 17.8 Å². The molecule has 1 aromatic carbocycles. The smallest absolute Gasteiger partial charge is 0.416 e. The summed E-state index contributed by atoms with van der Waals surface area (Å²) in [5, 5.41) is 0.535. The predicted octanol–water partition coefficient (Wildman–Crippen LogP) is 4.58. The molecule has 0 radical (unpaired) electrons. The summed E-state index contributed by atoms with van der Waals surface area (Å²) in [7, 11) is 0. The van der Waals surface area contributed by atoms with Crippen molar-refractivity contribution < 1.29 is 27.1 Å². The molecule has 0 aliphatic carbocycles. The van der Waals surface area contributed by atoms with Crippen molar-refractivity contribution in [2.75, 3.05) is 0 Å². The third-order valence-electron chi connectivity index (χ3n) is 3.81. The van der Waals surface area contributed by atoms with Gasteiger partial charge in [0.25, 0.3) is 0 Å². The van der Waals surface area contributed by atoms with Crippen molar-refractivity contribution >= 4 is 17.7 Å². The van der Waals surface area contributed by atoms with Crippen LogP contribution in [0.15, 0.2) is 57.0 Å². The molecule has 0 amide bonds. The predicted molar refractivity (Wildman–Crippen MR) is 102 cm³/mol. The maximum absolute atomic E-state index is 12.6. The molecule has 0 bridgehead atoms. The van der Waals surface area contributed by atoms with Crippen molar-refractivity contribution in [1.29, 1.82) is 0 Å².